The fraction of sp³-hybridized carbons (Fsp3) is 0.562. The van der Waals surface area contributed by atoms with Gasteiger partial charge in [0.1, 0.15) is 6.04 Å². The number of aliphatic hydroxyl groups excluding tert-OH is 1. The lowest BCUT2D eigenvalue weighted by Gasteiger charge is -2.37. The second-order valence-electron chi connectivity index (χ2n) is 13.6. The number of β-amino-alcohol motifs (C(OH)–C–C–N with tert-alkyl or cyclic N) is 1. The van der Waals surface area contributed by atoms with Crippen molar-refractivity contribution in [3.8, 4) is 16.2 Å². The number of rotatable bonds is 11. The molecule has 2 heterocycles. The summed E-state index contributed by atoms with van der Waals surface area (Å²) in [7, 11) is 0.652. The van der Waals surface area contributed by atoms with Gasteiger partial charge >= 0.3 is 0 Å². The van der Waals surface area contributed by atoms with Crippen LogP contribution in [0, 0.1) is 12.3 Å². The van der Waals surface area contributed by atoms with Gasteiger partial charge in [0.25, 0.3) is 5.91 Å². The first kappa shape index (κ1) is 35.4. The second kappa shape index (κ2) is 15.4. The van der Waals surface area contributed by atoms with E-state index >= 15 is 0 Å². The van der Waals surface area contributed by atoms with E-state index < -0.39 is 29.5 Å². The molecule has 3 atom stereocenters. The van der Waals surface area contributed by atoms with Gasteiger partial charge in [-0.3, -0.25) is 14.4 Å². The maximum absolute atomic E-state index is 14.0. The zero-order valence-corrected chi connectivity index (χ0v) is 28.5. The summed E-state index contributed by atoms with van der Waals surface area (Å²) in [5.74, 6) is 6.26. The number of nitrogens with zero attached hydrogens (tertiary/aromatic N) is 3. The van der Waals surface area contributed by atoms with Crippen molar-refractivity contribution in [1.82, 2.24) is 30.9 Å². The van der Waals surface area contributed by atoms with E-state index in [0.717, 1.165) is 41.8 Å². The fourth-order valence-corrected chi connectivity index (χ4v) is 7.05. The van der Waals surface area contributed by atoms with Gasteiger partial charge < -0.3 is 30.4 Å². The molecule has 250 valence electrons. The highest BCUT2D eigenvalue weighted by Crippen LogP contribution is 2.32. The first-order chi connectivity index (χ1) is 21.7. The number of hydrazine groups is 1. The number of hydroxylamine groups is 1. The van der Waals surface area contributed by atoms with E-state index in [1.54, 1.807) is 40.2 Å². The van der Waals surface area contributed by atoms with Crippen LogP contribution >= 0.6 is 11.3 Å². The predicted octanol–water partition coefficient (Wildman–Crippen LogP) is 2.75. The maximum atomic E-state index is 14.0. The van der Waals surface area contributed by atoms with Gasteiger partial charge in [-0.2, -0.15) is 5.48 Å². The zero-order valence-electron chi connectivity index (χ0n) is 27.7. The second-order valence-corrected chi connectivity index (χ2v) is 14.4. The molecule has 0 radical (unpaired) electrons. The van der Waals surface area contributed by atoms with Gasteiger partial charge in [-0.05, 0) is 61.9 Å². The summed E-state index contributed by atoms with van der Waals surface area (Å²) in [4.78, 5) is 50.9. The number of thiazole rings is 1. The number of hydrogen-bond donors (Lipinski definition) is 5. The van der Waals surface area contributed by atoms with Crippen LogP contribution in [-0.4, -0.2) is 75.9 Å². The van der Waals surface area contributed by atoms with Crippen molar-refractivity contribution in [2.75, 3.05) is 6.54 Å². The van der Waals surface area contributed by atoms with E-state index in [4.69, 9.17) is 10.7 Å². The summed E-state index contributed by atoms with van der Waals surface area (Å²) < 4.78 is 0. The van der Waals surface area contributed by atoms with Gasteiger partial charge in [-0.15, -0.1) is 11.3 Å². The van der Waals surface area contributed by atoms with Gasteiger partial charge in [-0.25, -0.2) is 10.8 Å². The van der Waals surface area contributed by atoms with Crippen LogP contribution in [0.15, 0.2) is 41.7 Å². The number of benzene rings is 1. The van der Waals surface area contributed by atoms with Crippen molar-refractivity contribution < 1.29 is 24.3 Å². The summed E-state index contributed by atoms with van der Waals surface area (Å²) in [5.41, 5.74) is 6.53. The van der Waals surface area contributed by atoms with Crippen molar-refractivity contribution in [2.45, 2.75) is 104 Å². The molecule has 1 saturated heterocycles. The van der Waals surface area contributed by atoms with E-state index in [2.05, 4.69) is 21.0 Å². The SMILES string of the molecule is CC(=O)N/C(C)=C/N(N)C1CCC(BN[C@H](C(=O)N2C[C@H](O)C[C@H]2C(=O)NOc2ccc(-c3scnc3C)cc2)C(C)(C)C)CC1. The number of aliphatic hydroxyl groups is 1. The Kier molecular flexibility index (Phi) is 11.9. The summed E-state index contributed by atoms with van der Waals surface area (Å²) in [6.45, 7) is 11.3. The average molecular weight is 654 g/mol. The smallest absolute Gasteiger partial charge is 0.275 e. The zero-order chi connectivity index (χ0) is 33.6. The fourth-order valence-electron chi connectivity index (χ4n) is 6.24. The lowest BCUT2D eigenvalue weighted by Crippen LogP contribution is -2.58. The summed E-state index contributed by atoms with van der Waals surface area (Å²) in [6.07, 6.45) is 4.78. The number of carbonyl (C=O) groups is 3. The van der Waals surface area contributed by atoms with Crippen molar-refractivity contribution in [1.29, 1.82) is 0 Å². The Morgan fingerprint density at radius 1 is 1.17 bits per heavy atom. The molecule has 0 bridgehead atoms. The third kappa shape index (κ3) is 9.31. The number of aromatic nitrogens is 1. The minimum atomic E-state index is -0.853. The molecular formula is C32H48BN7O5S. The number of carbonyl (C=O) groups excluding carboxylic acids is 3. The van der Waals surface area contributed by atoms with Crippen LogP contribution in [0.2, 0.25) is 5.82 Å². The highest BCUT2D eigenvalue weighted by Gasteiger charge is 2.44. The minimum absolute atomic E-state index is 0.0803. The minimum Gasteiger partial charge on any atom is -0.391 e. The molecule has 0 unspecified atom stereocenters. The Morgan fingerprint density at radius 2 is 1.85 bits per heavy atom. The van der Waals surface area contributed by atoms with Crippen molar-refractivity contribution in [3.05, 3.63) is 47.4 Å². The number of allylic oxidation sites excluding steroid dienone is 1. The van der Waals surface area contributed by atoms with Crippen LogP contribution in [-0.2, 0) is 14.4 Å². The number of hydrogen-bond acceptors (Lipinski definition) is 10. The largest absolute Gasteiger partial charge is 0.391 e. The summed E-state index contributed by atoms with van der Waals surface area (Å²) >= 11 is 1.56. The third-order valence-electron chi connectivity index (χ3n) is 8.67. The van der Waals surface area contributed by atoms with Crippen LogP contribution < -0.4 is 26.7 Å². The lowest BCUT2D eigenvalue weighted by atomic mass is 9.65. The van der Waals surface area contributed by atoms with Crippen LogP contribution in [0.25, 0.3) is 10.4 Å². The van der Waals surface area contributed by atoms with Gasteiger partial charge in [0.15, 0.2) is 5.75 Å². The van der Waals surface area contributed by atoms with Gasteiger partial charge in [0, 0.05) is 37.8 Å². The Hall–Kier alpha value is -3.46. The normalized spacial score (nSPS) is 22.6. The van der Waals surface area contributed by atoms with Gasteiger partial charge in [-0.1, -0.05) is 39.4 Å². The highest BCUT2D eigenvalue weighted by molar-refractivity contribution is 7.13. The number of likely N-dealkylation sites (tertiary alicyclic amines) is 1. The standard InChI is InChI=1S/C32H48BN7O5S/c1-19(36-21(3)41)16-40(34)24-11-9-23(10-12-24)33-37-29(32(4,5)6)31(44)39-17-25(42)15-27(39)30(43)38-45-26-13-7-22(8-14-26)28-20(2)35-18-46-28/h7-8,13-14,16,18,23-25,27,29,33,37,42H,9-12,15,17,34H2,1-6H3,(H,36,41)(H,38,43)/b19-16+/t23?,24?,25-,27+,29-/m1/s1. The average Bonchev–Trinajstić information content (AvgIpc) is 3.60. The molecule has 6 N–H and O–H groups in total. The van der Waals surface area contributed by atoms with Crippen molar-refractivity contribution >= 4 is 36.5 Å². The molecule has 1 aromatic heterocycles. The van der Waals surface area contributed by atoms with E-state index in [0.29, 0.717) is 24.7 Å². The third-order valence-corrected chi connectivity index (χ3v) is 9.65. The topological polar surface area (TPSA) is 162 Å². The Balaban J connectivity index is 1.32. The molecule has 1 aromatic carbocycles. The van der Waals surface area contributed by atoms with E-state index in [1.807, 2.05) is 46.8 Å². The quantitative estimate of drug-likeness (QED) is 0.140. The number of aryl methyl sites for hydroxylation is 1. The van der Waals surface area contributed by atoms with Crippen LogP contribution in [0.5, 0.6) is 5.75 Å². The molecule has 4 rings (SSSR count). The lowest BCUT2D eigenvalue weighted by molar-refractivity contribution is -0.144. The maximum Gasteiger partial charge on any atom is 0.275 e. The number of nitrogens with one attached hydrogen (secondary N) is 3. The van der Waals surface area contributed by atoms with E-state index in [1.165, 1.54) is 11.8 Å². The molecule has 1 aliphatic carbocycles. The summed E-state index contributed by atoms with van der Waals surface area (Å²) in [5, 5.41) is 18.4. The number of amides is 3. The van der Waals surface area contributed by atoms with Gasteiger partial charge in [0.2, 0.25) is 19.2 Å². The van der Waals surface area contributed by atoms with Crippen LogP contribution in [0.1, 0.15) is 72.4 Å². The molecule has 2 aromatic rings. The Bertz CT molecular complexity index is 1390. The molecule has 14 heteroatoms. The Morgan fingerprint density at radius 3 is 2.43 bits per heavy atom. The first-order valence-corrected chi connectivity index (χ1v) is 16.8. The molecule has 2 fully saturated rings. The van der Waals surface area contributed by atoms with Gasteiger partial charge in [0.05, 0.1) is 28.2 Å². The van der Waals surface area contributed by atoms with Crippen molar-refractivity contribution in [3.63, 3.8) is 0 Å². The van der Waals surface area contributed by atoms with E-state index in [9.17, 15) is 19.5 Å². The molecule has 46 heavy (non-hydrogen) atoms. The van der Waals surface area contributed by atoms with E-state index in [-0.39, 0.29) is 30.8 Å². The monoisotopic (exact) mass is 653 g/mol. The molecule has 0 spiro atoms. The number of nitrogens with two attached hydrogens (primary N) is 1. The molecule has 3 amide bonds. The molecule has 12 nitrogen and oxygen atoms in total. The molecule has 1 saturated carbocycles. The highest BCUT2D eigenvalue weighted by atomic mass is 32.1. The molecular weight excluding hydrogens is 605 g/mol. The Labute approximate surface area is 276 Å². The van der Waals surface area contributed by atoms with Crippen molar-refractivity contribution in [2.24, 2.45) is 11.3 Å². The van der Waals surface area contributed by atoms with Crippen LogP contribution in [0.3, 0.4) is 0 Å². The molecule has 1 aliphatic heterocycles. The summed E-state index contributed by atoms with van der Waals surface area (Å²) in [6, 6.07) is 6.11. The first-order valence-electron chi connectivity index (χ1n) is 15.9. The van der Waals surface area contributed by atoms with Crippen LogP contribution in [0.4, 0.5) is 0 Å². The molecule has 2 aliphatic rings. The predicted molar refractivity (Wildman–Crippen MR) is 180 cm³/mol.